The number of rotatable bonds is 3. The largest absolute Gasteiger partial charge is 0.341 e. The molecule has 0 aliphatic carbocycles. The summed E-state index contributed by atoms with van der Waals surface area (Å²) in [4.78, 5) is 30.5. The van der Waals surface area contributed by atoms with E-state index in [0.717, 1.165) is 12.8 Å². The van der Waals surface area contributed by atoms with Gasteiger partial charge in [-0.3, -0.25) is 14.2 Å². The summed E-state index contributed by atoms with van der Waals surface area (Å²) in [7, 11) is 0. The Morgan fingerprint density at radius 2 is 1.73 bits per heavy atom. The molecule has 2 fully saturated rings. The van der Waals surface area contributed by atoms with Gasteiger partial charge in [-0.15, -0.1) is 0 Å². The van der Waals surface area contributed by atoms with Crippen LogP contribution in [0.15, 0.2) is 41.3 Å². The summed E-state index contributed by atoms with van der Waals surface area (Å²) in [5.41, 5.74) is 1.38. The first-order chi connectivity index (χ1) is 14.6. The van der Waals surface area contributed by atoms with Gasteiger partial charge in [0.2, 0.25) is 5.91 Å². The van der Waals surface area contributed by atoms with Gasteiger partial charge in [-0.05, 0) is 69.1 Å². The van der Waals surface area contributed by atoms with E-state index in [1.807, 2.05) is 4.90 Å². The van der Waals surface area contributed by atoms with E-state index in [9.17, 15) is 14.0 Å². The molecule has 2 aliphatic heterocycles. The number of halogens is 1. The number of likely N-dealkylation sites (tertiary alicyclic amines) is 2. The fourth-order valence-electron chi connectivity index (χ4n) is 5.09. The van der Waals surface area contributed by atoms with Crippen LogP contribution in [-0.2, 0) is 11.3 Å². The third-order valence-corrected chi connectivity index (χ3v) is 6.72. The number of nitrogens with zero attached hydrogens (tertiary/aromatic N) is 4. The first-order valence-electron chi connectivity index (χ1n) is 10.9. The molecule has 1 amide bonds. The monoisotopic (exact) mass is 410 g/mol. The number of carbonyl (C=O) groups is 1. The molecule has 3 aromatic rings. The second kappa shape index (κ2) is 7.87. The first-order valence-corrected chi connectivity index (χ1v) is 10.9. The van der Waals surface area contributed by atoms with E-state index in [4.69, 9.17) is 0 Å². The van der Waals surface area contributed by atoms with Crippen molar-refractivity contribution in [2.45, 2.75) is 44.7 Å². The number of hydrogen-bond acceptors (Lipinski definition) is 3. The molecule has 158 valence electrons. The quantitative estimate of drug-likeness (QED) is 0.667. The van der Waals surface area contributed by atoms with Gasteiger partial charge in [-0.1, -0.05) is 6.42 Å². The van der Waals surface area contributed by atoms with Crippen LogP contribution in [0.25, 0.3) is 16.6 Å². The van der Waals surface area contributed by atoms with Gasteiger partial charge in [-0.2, -0.15) is 0 Å². The third-order valence-electron chi connectivity index (χ3n) is 6.72. The summed E-state index contributed by atoms with van der Waals surface area (Å²) < 4.78 is 17.1. The maximum absolute atomic E-state index is 14.0. The molecule has 0 unspecified atom stereocenters. The molecular weight excluding hydrogens is 383 g/mol. The van der Waals surface area contributed by atoms with E-state index in [0.29, 0.717) is 35.7 Å². The summed E-state index contributed by atoms with van der Waals surface area (Å²) in [6.45, 7) is 3.71. The van der Waals surface area contributed by atoms with Crippen LogP contribution >= 0.6 is 0 Å². The maximum atomic E-state index is 14.0. The average molecular weight is 410 g/mol. The summed E-state index contributed by atoms with van der Waals surface area (Å²) in [5.74, 6) is -0.493. The molecule has 2 aliphatic rings. The van der Waals surface area contributed by atoms with Crippen LogP contribution in [-0.4, -0.2) is 56.9 Å². The van der Waals surface area contributed by atoms with Crippen molar-refractivity contribution >= 4 is 22.5 Å². The van der Waals surface area contributed by atoms with E-state index in [1.165, 1.54) is 49.1 Å². The van der Waals surface area contributed by atoms with Crippen LogP contribution in [0.1, 0.15) is 32.1 Å². The van der Waals surface area contributed by atoms with Gasteiger partial charge >= 0.3 is 0 Å². The Hall–Kier alpha value is -2.67. The van der Waals surface area contributed by atoms with Crippen LogP contribution in [0.4, 0.5) is 4.39 Å². The number of benzene rings is 1. The van der Waals surface area contributed by atoms with Gasteiger partial charge in [0, 0.05) is 25.3 Å². The lowest BCUT2D eigenvalue weighted by molar-refractivity contribution is -0.133. The molecule has 0 spiro atoms. The molecule has 2 aromatic heterocycles. The highest BCUT2D eigenvalue weighted by molar-refractivity contribution is 5.82. The highest BCUT2D eigenvalue weighted by Gasteiger charge is 2.28. The second-order valence-electron chi connectivity index (χ2n) is 8.50. The zero-order valence-electron chi connectivity index (χ0n) is 17.1. The lowest BCUT2D eigenvalue weighted by Gasteiger charge is -2.40. The van der Waals surface area contributed by atoms with Crippen molar-refractivity contribution in [3.63, 3.8) is 0 Å². The lowest BCUT2D eigenvalue weighted by Crippen LogP contribution is -2.49. The van der Waals surface area contributed by atoms with Crippen LogP contribution in [0.3, 0.4) is 0 Å². The van der Waals surface area contributed by atoms with Crippen molar-refractivity contribution in [3.05, 3.63) is 52.7 Å². The number of aromatic nitrogens is 2. The lowest BCUT2D eigenvalue weighted by atomic mass is 10.00. The Balaban J connectivity index is 1.37. The Morgan fingerprint density at radius 3 is 2.50 bits per heavy atom. The van der Waals surface area contributed by atoms with Crippen LogP contribution in [0.5, 0.6) is 0 Å². The van der Waals surface area contributed by atoms with Crippen molar-refractivity contribution in [1.82, 2.24) is 18.8 Å². The minimum Gasteiger partial charge on any atom is -0.341 e. The molecule has 2 saturated heterocycles. The summed E-state index contributed by atoms with van der Waals surface area (Å²) in [6.07, 6.45) is 7.61. The van der Waals surface area contributed by atoms with E-state index < -0.39 is 5.82 Å². The Morgan fingerprint density at radius 1 is 0.967 bits per heavy atom. The zero-order valence-corrected chi connectivity index (χ0v) is 17.1. The topological polar surface area (TPSA) is 50.0 Å². The second-order valence-corrected chi connectivity index (χ2v) is 8.50. The van der Waals surface area contributed by atoms with Gasteiger partial charge in [0.1, 0.15) is 17.9 Å². The number of hydrogen-bond donors (Lipinski definition) is 0. The summed E-state index contributed by atoms with van der Waals surface area (Å²) in [6, 6.07) is 8.45. The van der Waals surface area contributed by atoms with Gasteiger partial charge < -0.3 is 14.2 Å². The van der Waals surface area contributed by atoms with Gasteiger partial charge in [-0.25, -0.2) is 4.39 Å². The molecule has 0 bridgehead atoms. The SMILES string of the molecule is O=C(Cn1c(=O)c2cccn2c2ccc(F)cc21)N1CCC(N2CCCCC2)CC1. The highest BCUT2D eigenvalue weighted by atomic mass is 19.1. The third kappa shape index (κ3) is 3.41. The molecular formula is C23H27FN4O2. The van der Waals surface area contributed by atoms with Gasteiger partial charge in [0.15, 0.2) is 0 Å². The summed E-state index contributed by atoms with van der Waals surface area (Å²) in [5, 5.41) is 0. The van der Waals surface area contributed by atoms with E-state index >= 15 is 0 Å². The van der Waals surface area contributed by atoms with Crippen molar-refractivity contribution < 1.29 is 9.18 Å². The van der Waals surface area contributed by atoms with Crippen molar-refractivity contribution in [2.75, 3.05) is 26.2 Å². The smallest absolute Gasteiger partial charge is 0.275 e. The number of amides is 1. The predicted molar refractivity (Wildman–Crippen MR) is 114 cm³/mol. The Kier molecular flexibility index (Phi) is 5.06. The molecule has 0 radical (unpaired) electrons. The Labute approximate surface area is 174 Å². The zero-order chi connectivity index (χ0) is 20.7. The maximum Gasteiger partial charge on any atom is 0.275 e. The van der Waals surface area contributed by atoms with Crippen molar-refractivity contribution in [2.24, 2.45) is 0 Å². The van der Waals surface area contributed by atoms with E-state index in [2.05, 4.69) is 4.90 Å². The molecule has 7 heteroatoms. The molecule has 1 aromatic carbocycles. The average Bonchev–Trinajstić information content (AvgIpc) is 3.27. The number of piperidine rings is 2. The van der Waals surface area contributed by atoms with Crippen LogP contribution in [0, 0.1) is 5.82 Å². The van der Waals surface area contributed by atoms with E-state index in [-0.39, 0.29) is 18.0 Å². The molecule has 5 rings (SSSR count). The predicted octanol–water partition coefficient (Wildman–Crippen LogP) is 2.87. The fourth-order valence-corrected chi connectivity index (χ4v) is 5.09. The van der Waals surface area contributed by atoms with Crippen LogP contribution in [0.2, 0.25) is 0 Å². The van der Waals surface area contributed by atoms with Crippen LogP contribution < -0.4 is 5.56 Å². The number of carbonyl (C=O) groups excluding carboxylic acids is 1. The van der Waals surface area contributed by atoms with Crippen molar-refractivity contribution in [3.8, 4) is 0 Å². The number of fused-ring (bicyclic) bond motifs is 3. The van der Waals surface area contributed by atoms with E-state index in [1.54, 1.807) is 28.8 Å². The minimum atomic E-state index is -0.419. The molecule has 6 nitrogen and oxygen atoms in total. The molecule has 0 saturated carbocycles. The van der Waals surface area contributed by atoms with Gasteiger partial charge in [0.05, 0.1) is 11.0 Å². The minimum absolute atomic E-state index is 0.0607. The molecule has 0 atom stereocenters. The fraction of sp³-hybridized carbons (Fsp3) is 0.478. The molecule has 4 heterocycles. The Bertz CT molecular complexity index is 1140. The molecule has 0 N–H and O–H groups in total. The van der Waals surface area contributed by atoms with Gasteiger partial charge in [0.25, 0.3) is 5.56 Å². The standard InChI is InChI=1S/C23H27FN4O2/c24-17-6-7-19-21(15-17)28(23(30)20-5-4-12-27(19)20)16-22(29)26-13-8-18(9-14-26)25-10-2-1-3-11-25/h4-7,12,15,18H,1-3,8-11,13-14,16H2. The highest BCUT2D eigenvalue weighted by Crippen LogP contribution is 2.22. The molecule has 30 heavy (non-hydrogen) atoms. The van der Waals surface area contributed by atoms with Crippen molar-refractivity contribution in [1.29, 1.82) is 0 Å². The summed E-state index contributed by atoms with van der Waals surface area (Å²) >= 11 is 0. The normalized spacial score (nSPS) is 19.0. The first kappa shape index (κ1) is 19.3.